The van der Waals surface area contributed by atoms with Gasteiger partial charge in [0.1, 0.15) is 0 Å². The summed E-state index contributed by atoms with van der Waals surface area (Å²) in [5.41, 5.74) is 7.86. The highest BCUT2D eigenvalue weighted by Crippen LogP contribution is 2.33. The van der Waals surface area contributed by atoms with Gasteiger partial charge < -0.3 is 10.6 Å². The highest BCUT2D eigenvalue weighted by molar-refractivity contribution is 5.99. The van der Waals surface area contributed by atoms with E-state index < -0.39 is 5.41 Å². The van der Waals surface area contributed by atoms with Crippen molar-refractivity contribution >= 4 is 11.6 Å². The number of carbonyl (C=O) groups is 1. The van der Waals surface area contributed by atoms with Gasteiger partial charge in [0.15, 0.2) is 0 Å². The number of benzene rings is 1. The Morgan fingerprint density at radius 1 is 1.39 bits per heavy atom. The number of amides is 1. The molecule has 0 aromatic heterocycles. The number of piperidine rings is 1. The summed E-state index contributed by atoms with van der Waals surface area (Å²) in [7, 11) is 0. The van der Waals surface area contributed by atoms with Crippen LogP contribution in [0.1, 0.15) is 32.8 Å². The highest BCUT2D eigenvalue weighted by Gasteiger charge is 2.42. The molecule has 1 atom stereocenters. The van der Waals surface area contributed by atoms with Crippen molar-refractivity contribution in [2.75, 3.05) is 11.4 Å². The number of aryl methyl sites for hydroxylation is 1. The van der Waals surface area contributed by atoms with Crippen molar-refractivity contribution in [1.82, 2.24) is 0 Å². The molecule has 2 rings (SSSR count). The maximum absolute atomic E-state index is 12.6. The zero-order valence-electron chi connectivity index (χ0n) is 11.4. The lowest BCUT2D eigenvalue weighted by Gasteiger charge is -2.42. The Morgan fingerprint density at radius 3 is 2.72 bits per heavy atom. The molecule has 1 unspecified atom stereocenters. The summed E-state index contributed by atoms with van der Waals surface area (Å²) in [6.07, 6.45) is 1.79. The van der Waals surface area contributed by atoms with Crippen LogP contribution in [0, 0.1) is 5.41 Å². The van der Waals surface area contributed by atoms with E-state index >= 15 is 0 Å². The fraction of sp³-hybridized carbons (Fsp3) is 0.533. The van der Waals surface area contributed by atoms with Gasteiger partial charge in [0.2, 0.25) is 5.91 Å². The standard InChI is InChI=1S/C15H22N2O/c1-4-11-7-5-6-8-12(11)17-10-9-13(16)15(2,3)14(17)18/h5-8,13H,4,9-10,16H2,1-3H3. The highest BCUT2D eigenvalue weighted by atomic mass is 16.2. The van der Waals surface area contributed by atoms with E-state index in [9.17, 15) is 4.79 Å². The van der Waals surface area contributed by atoms with Gasteiger partial charge in [-0.15, -0.1) is 0 Å². The van der Waals surface area contributed by atoms with E-state index in [4.69, 9.17) is 5.73 Å². The minimum atomic E-state index is -0.473. The van der Waals surface area contributed by atoms with Crippen molar-refractivity contribution in [3.8, 4) is 0 Å². The first-order valence-corrected chi connectivity index (χ1v) is 6.64. The largest absolute Gasteiger partial charge is 0.327 e. The molecule has 0 bridgehead atoms. The summed E-state index contributed by atoms with van der Waals surface area (Å²) in [6, 6.07) is 8.08. The number of carbonyl (C=O) groups excluding carboxylic acids is 1. The third-order valence-electron chi connectivity index (χ3n) is 4.05. The topological polar surface area (TPSA) is 46.3 Å². The second-order valence-corrected chi connectivity index (χ2v) is 5.56. The zero-order chi connectivity index (χ0) is 13.3. The first kappa shape index (κ1) is 13.1. The number of nitrogens with two attached hydrogens (primary N) is 1. The van der Waals surface area contributed by atoms with Gasteiger partial charge in [0.05, 0.1) is 5.41 Å². The lowest BCUT2D eigenvalue weighted by Crippen LogP contribution is -2.56. The van der Waals surface area contributed by atoms with Crippen molar-refractivity contribution in [3.63, 3.8) is 0 Å². The molecule has 1 aliphatic heterocycles. The molecule has 1 aromatic rings. The average Bonchev–Trinajstić information content (AvgIpc) is 2.37. The normalized spacial score (nSPS) is 23.2. The van der Waals surface area contributed by atoms with Crippen molar-refractivity contribution < 1.29 is 4.79 Å². The van der Waals surface area contributed by atoms with Crippen molar-refractivity contribution in [2.24, 2.45) is 11.1 Å². The van der Waals surface area contributed by atoms with Gasteiger partial charge in [-0.25, -0.2) is 0 Å². The van der Waals surface area contributed by atoms with Crippen molar-refractivity contribution in [1.29, 1.82) is 0 Å². The molecule has 1 saturated heterocycles. The Labute approximate surface area is 109 Å². The number of hydrogen-bond donors (Lipinski definition) is 1. The Balaban J connectivity index is 2.37. The predicted molar refractivity (Wildman–Crippen MR) is 74.5 cm³/mol. The van der Waals surface area contributed by atoms with E-state index in [1.807, 2.05) is 36.9 Å². The van der Waals surface area contributed by atoms with Gasteiger partial charge in [-0.2, -0.15) is 0 Å². The van der Waals surface area contributed by atoms with Crippen LogP contribution in [0.4, 0.5) is 5.69 Å². The molecule has 0 spiro atoms. The average molecular weight is 246 g/mol. The third-order valence-corrected chi connectivity index (χ3v) is 4.05. The minimum Gasteiger partial charge on any atom is -0.327 e. The monoisotopic (exact) mass is 246 g/mol. The van der Waals surface area contributed by atoms with Crippen LogP contribution in [0.2, 0.25) is 0 Å². The van der Waals surface area contributed by atoms with Gasteiger partial charge in [0.25, 0.3) is 0 Å². The first-order valence-electron chi connectivity index (χ1n) is 6.64. The molecule has 0 saturated carbocycles. The van der Waals surface area contributed by atoms with Crippen LogP contribution in [0.15, 0.2) is 24.3 Å². The first-order chi connectivity index (χ1) is 8.48. The van der Waals surface area contributed by atoms with Gasteiger partial charge in [-0.05, 0) is 38.3 Å². The van der Waals surface area contributed by atoms with Crippen molar-refractivity contribution in [2.45, 2.75) is 39.7 Å². The summed E-state index contributed by atoms with van der Waals surface area (Å²) in [4.78, 5) is 14.5. The molecule has 1 aliphatic rings. The Morgan fingerprint density at radius 2 is 2.06 bits per heavy atom. The molecule has 0 aliphatic carbocycles. The summed E-state index contributed by atoms with van der Waals surface area (Å²) in [5.74, 6) is 0.141. The Hall–Kier alpha value is -1.35. The van der Waals surface area contributed by atoms with Crippen LogP contribution in [0.25, 0.3) is 0 Å². The number of nitrogens with zero attached hydrogens (tertiary/aromatic N) is 1. The molecule has 0 radical (unpaired) electrons. The molecule has 18 heavy (non-hydrogen) atoms. The summed E-state index contributed by atoms with van der Waals surface area (Å²) < 4.78 is 0. The second-order valence-electron chi connectivity index (χ2n) is 5.56. The van der Waals surface area contributed by atoms with Gasteiger partial charge >= 0.3 is 0 Å². The number of para-hydroxylation sites is 1. The maximum atomic E-state index is 12.6. The van der Waals surface area contributed by atoms with E-state index in [0.717, 1.165) is 25.1 Å². The zero-order valence-corrected chi connectivity index (χ0v) is 11.4. The number of rotatable bonds is 2. The number of anilines is 1. The smallest absolute Gasteiger partial charge is 0.234 e. The van der Waals surface area contributed by atoms with Crippen LogP contribution in [-0.4, -0.2) is 18.5 Å². The number of hydrogen-bond acceptors (Lipinski definition) is 2. The fourth-order valence-electron chi connectivity index (χ4n) is 2.54. The second kappa shape index (κ2) is 4.73. The Bertz CT molecular complexity index is 454. The Kier molecular flexibility index (Phi) is 3.44. The van der Waals surface area contributed by atoms with Crippen LogP contribution < -0.4 is 10.6 Å². The maximum Gasteiger partial charge on any atom is 0.234 e. The third kappa shape index (κ3) is 2.03. The molecule has 1 heterocycles. The minimum absolute atomic E-state index is 0.0463. The molecular weight excluding hydrogens is 224 g/mol. The summed E-state index contributed by atoms with van der Waals surface area (Å²) >= 11 is 0. The van der Waals surface area contributed by atoms with E-state index in [-0.39, 0.29) is 11.9 Å². The van der Waals surface area contributed by atoms with Crippen LogP contribution in [0.3, 0.4) is 0 Å². The van der Waals surface area contributed by atoms with E-state index in [2.05, 4.69) is 13.0 Å². The molecule has 1 fully saturated rings. The molecule has 1 amide bonds. The lowest BCUT2D eigenvalue weighted by atomic mass is 9.78. The molecule has 3 heteroatoms. The van der Waals surface area contributed by atoms with Crippen LogP contribution in [0.5, 0.6) is 0 Å². The lowest BCUT2D eigenvalue weighted by molar-refractivity contribution is -0.129. The van der Waals surface area contributed by atoms with E-state index in [0.29, 0.717) is 0 Å². The van der Waals surface area contributed by atoms with Crippen LogP contribution >= 0.6 is 0 Å². The molecule has 1 aromatic carbocycles. The van der Waals surface area contributed by atoms with Crippen LogP contribution in [-0.2, 0) is 11.2 Å². The van der Waals surface area contributed by atoms with Crippen molar-refractivity contribution in [3.05, 3.63) is 29.8 Å². The summed E-state index contributed by atoms with van der Waals surface area (Å²) in [6.45, 7) is 6.73. The van der Waals surface area contributed by atoms with Gasteiger partial charge in [-0.3, -0.25) is 4.79 Å². The predicted octanol–water partition coefficient (Wildman–Crippen LogP) is 2.34. The van der Waals surface area contributed by atoms with E-state index in [1.165, 1.54) is 5.56 Å². The molecular formula is C15H22N2O. The molecule has 2 N–H and O–H groups in total. The quantitative estimate of drug-likeness (QED) is 0.870. The fourth-order valence-corrected chi connectivity index (χ4v) is 2.54. The summed E-state index contributed by atoms with van der Waals surface area (Å²) in [5, 5.41) is 0. The van der Waals surface area contributed by atoms with E-state index in [1.54, 1.807) is 0 Å². The SMILES string of the molecule is CCc1ccccc1N1CCC(N)C(C)(C)C1=O. The molecule has 98 valence electrons. The van der Waals surface area contributed by atoms with Gasteiger partial charge in [0, 0.05) is 18.3 Å². The molecule has 3 nitrogen and oxygen atoms in total. The van der Waals surface area contributed by atoms with Gasteiger partial charge in [-0.1, -0.05) is 25.1 Å².